The van der Waals surface area contributed by atoms with Crippen molar-refractivity contribution in [1.82, 2.24) is 14.7 Å². The summed E-state index contributed by atoms with van der Waals surface area (Å²) in [5.41, 5.74) is 0.417. The minimum Gasteiger partial charge on any atom is -0.394 e. The SMILES string of the molecule is O=C(NC(CO)C1CCSCC1)c1cn2ccsc2n1. The Kier molecular flexibility index (Phi) is 4.28. The van der Waals surface area contributed by atoms with Crippen LogP contribution in [0.15, 0.2) is 17.8 Å². The Bertz CT molecular complexity index is 561. The van der Waals surface area contributed by atoms with Gasteiger partial charge in [0.2, 0.25) is 0 Å². The van der Waals surface area contributed by atoms with E-state index < -0.39 is 0 Å². The molecule has 2 aromatic rings. The molecule has 3 rings (SSSR count). The summed E-state index contributed by atoms with van der Waals surface area (Å²) in [6.07, 6.45) is 5.71. The molecule has 5 nitrogen and oxygen atoms in total. The number of thiazole rings is 1. The Morgan fingerprint density at radius 2 is 2.35 bits per heavy atom. The Morgan fingerprint density at radius 1 is 1.55 bits per heavy atom. The lowest BCUT2D eigenvalue weighted by Crippen LogP contribution is -2.44. The second-order valence-electron chi connectivity index (χ2n) is 4.93. The lowest BCUT2D eigenvalue weighted by Gasteiger charge is -2.29. The first-order valence-electron chi connectivity index (χ1n) is 6.69. The maximum atomic E-state index is 12.2. The third kappa shape index (κ3) is 2.84. The van der Waals surface area contributed by atoms with Crippen LogP contribution < -0.4 is 5.32 Å². The van der Waals surface area contributed by atoms with E-state index in [0.29, 0.717) is 11.6 Å². The predicted octanol–water partition coefficient (Wildman–Crippen LogP) is 1.63. The fraction of sp³-hybridized carbons (Fsp3) is 0.538. The first-order chi connectivity index (χ1) is 9.78. The molecular weight excluding hydrogens is 294 g/mol. The quantitative estimate of drug-likeness (QED) is 0.900. The van der Waals surface area contributed by atoms with Crippen molar-refractivity contribution in [1.29, 1.82) is 0 Å². The van der Waals surface area contributed by atoms with Crippen LogP contribution in [0, 0.1) is 5.92 Å². The monoisotopic (exact) mass is 311 g/mol. The molecular formula is C13H17N3O2S2. The van der Waals surface area contributed by atoms with Crippen LogP contribution in [0.2, 0.25) is 0 Å². The van der Waals surface area contributed by atoms with Crippen LogP contribution in [0.1, 0.15) is 23.3 Å². The van der Waals surface area contributed by atoms with Gasteiger partial charge >= 0.3 is 0 Å². The maximum absolute atomic E-state index is 12.2. The summed E-state index contributed by atoms with van der Waals surface area (Å²) >= 11 is 3.44. The molecule has 1 aliphatic rings. The summed E-state index contributed by atoms with van der Waals surface area (Å²) in [6, 6.07) is -0.164. The number of hydrogen-bond acceptors (Lipinski definition) is 5. The smallest absolute Gasteiger partial charge is 0.271 e. The summed E-state index contributed by atoms with van der Waals surface area (Å²) < 4.78 is 1.84. The molecule has 0 aliphatic carbocycles. The minimum absolute atomic E-state index is 0.0106. The average molecular weight is 311 g/mol. The second kappa shape index (κ2) is 6.15. The summed E-state index contributed by atoms with van der Waals surface area (Å²) in [4.78, 5) is 17.3. The molecule has 0 saturated carbocycles. The fourth-order valence-electron chi connectivity index (χ4n) is 2.51. The first-order valence-corrected chi connectivity index (χ1v) is 8.73. The Labute approximate surface area is 125 Å². The number of fused-ring (bicyclic) bond motifs is 1. The lowest BCUT2D eigenvalue weighted by molar-refractivity contribution is 0.0880. The van der Waals surface area contributed by atoms with Crippen LogP contribution in [-0.2, 0) is 0 Å². The summed E-state index contributed by atoms with van der Waals surface area (Å²) in [5, 5.41) is 14.4. The van der Waals surface area contributed by atoms with Crippen molar-refractivity contribution in [3.8, 4) is 0 Å². The van der Waals surface area contributed by atoms with Gasteiger partial charge in [0.15, 0.2) is 4.96 Å². The largest absolute Gasteiger partial charge is 0.394 e. The van der Waals surface area contributed by atoms with Gasteiger partial charge in [0.25, 0.3) is 5.91 Å². The van der Waals surface area contributed by atoms with E-state index in [0.717, 1.165) is 29.3 Å². The zero-order valence-electron chi connectivity index (χ0n) is 11.0. The summed E-state index contributed by atoms with van der Waals surface area (Å²) in [5.74, 6) is 2.39. The number of carbonyl (C=O) groups excluding carboxylic acids is 1. The van der Waals surface area contributed by atoms with E-state index in [2.05, 4.69) is 10.3 Å². The van der Waals surface area contributed by atoms with Gasteiger partial charge in [-0.05, 0) is 30.3 Å². The molecule has 0 spiro atoms. The molecule has 1 saturated heterocycles. The molecule has 0 bridgehead atoms. The Morgan fingerprint density at radius 3 is 3.05 bits per heavy atom. The molecule has 1 amide bonds. The average Bonchev–Trinajstić information content (AvgIpc) is 3.06. The van der Waals surface area contributed by atoms with E-state index in [1.54, 1.807) is 6.20 Å². The number of thioether (sulfide) groups is 1. The van der Waals surface area contributed by atoms with E-state index >= 15 is 0 Å². The second-order valence-corrected chi connectivity index (χ2v) is 7.03. The molecule has 2 N–H and O–H groups in total. The van der Waals surface area contributed by atoms with Gasteiger partial charge in [-0.15, -0.1) is 11.3 Å². The molecule has 20 heavy (non-hydrogen) atoms. The van der Waals surface area contributed by atoms with Crippen molar-refractivity contribution < 1.29 is 9.90 Å². The van der Waals surface area contributed by atoms with E-state index in [1.165, 1.54) is 11.3 Å². The number of amides is 1. The zero-order chi connectivity index (χ0) is 13.9. The van der Waals surface area contributed by atoms with Crippen LogP contribution in [0.4, 0.5) is 0 Å². The number of imidazole rings is 1. The van der Waals surface area contributed by atoms with Crippen LogP contribution in [-0.4, -0.2) is 44.6 Å². The number of nitrogens with zero attached hydrogens (tertiary/aromatic N) is 2. The van der Waals surface area contributed by atoms with E-state index in [9.17, 15) is 9.90 Å². The van der Waals surface area contributed by atoms with Crippen LogP contribution in [0.3, 0.4) is 0 Å². The highest BCUT2D eigenvalue weighted by molar-refractivity contribution is 7.99. The van der Waals surface area contributed by atoms with Gasteiger partial charge in [0.1, 0.15) is 5.69 Å². The highest BCUT2D eigenvalue weighted by Crippen LogP contribution is 2.25. The van der Waals surface area contributed by atoms with Crippen molar-refractivity contribution >= 4 is 34.0 Å². The molecule has 1 fully saturated rings. The van der Waals surface area contributed by atoms with E-state index in [4.69, 9.17) is 0 Å². The normalized spacial score (nSPS) is 18.2. The lowest BCUT2D eigenvalue weighted by atomic mass is 9.94. The maximum Gasteiger partial charge on any atom is 0.271 e. The van der Waals surface area contributed by atoms with Gasteiger partial charge in [-0.25, -0.2) is 4.98 Å². The van der Waals surface area contributed by atoms with Gasteiger partial charge in [-0.2, -0.15) is 11.8 Å². The molecule has 0 aromatic carbocycles. The summed E-state index contributed by atoms with van der Waals surface area (Å²) in [6.45, 7) is -0.0106. The fourth-order valence-corrected chi connectivity index (χ4v) is 4.35. The topological polar surface area (TPSA) is 66.6 Å². The number of hydrogen-bond donors (Lipinski definition) is 2. The number of aliphatic hydroxyl groups is 1. The van der Waals surface area contributed by atoms with Crippen molar-refractivity contribution in [3.63, 3.8) is 0 Å². The van der Waals surface area contributed by atoms with Crippen LogP contribution in [0.25, 0.3) is 4.96 Å². The van der Waals surface area contributed by atoms with Gasteiger partial charge in [0, 0.05) is 17.8 Å². The number of nitrogens with one attached hydrogen (secondary N) is 1. The Balaban J connectivity index is 1.68. The summed E-state index contributed by atoms with van der Waals surface area (Å²) in [7, 11) is 0. The molecule has 0 radical (unpaired) electrons. The van der Waals surface area contributed by atoms with Crippen molar-refractivity contribution in [2.75, 3.05) is 18.1 Å². The third-order valence-corrected chi connectivity index (χ3v) is 5.49. The van der Waals surface area contributed by atoms with E-state index in [-0.39, 0.29) is 18.6 Å². The number of rotatable bonds is 4. The molecule has 7 heteroatoms. The first kappa shape index (κ1) is 13.9. The Hall–Kier alpha value is -1.05. The van der Waals surface area contributed by atoms with Crippen LogP contribution in [0.5, 0.6) is 0 Å². The number of aromatic nitrogens is 2. The molecule has 1 aliphatic heterocycles. The highest BCUT2D eigenvalue weighted by Gasteiger charge is 2.25. The molecule has 1 atom stereocenters. The number of carbonyl (C=O) groups is 1. The van der Waals surface area contributed by atoms with Gasteiger partial charge in [-0.3, -0.25) is 9.20 Å². The minimum atomic E-state index is -0.196. The molecule has 3 heterocycles. The standard InChI is InChI=1S/C13H17N3O2S2/c17-8-11(9-1-4-19-5-2-9)14-12(18)10-7-16-3-6-20-13(16)15-10/h3,6-7,9,11,17H,1-2,4-5,8H2,(H,14,18). The third-order valence-electron chi connectivity index (χ3n) is 3.67. The van der Waals surface area contributed by atoms with Gasteiger partial charge in [-0.1, -0.05) is 0 Å². The predicted molar refractivity (Wildman–Crippen MR) is 81.5 cm³/mol. The zero-order valence-corrected chi connectivity index (χ0v) is 12.6. The molecule has 108 valence electrons. The van der Waals surface area contributed by atoms with Gasteiger partial charge < -0.3 is 10.4 Å². The highest BCUT2D eigenvalue weighted by atomic mass is 32.2. The van der Waals surface area contributed by atoms with Gasteiger partial charge in [0.05, 0.1) is 12.6 Å². The van der Waals surface area contributed by atoms with Crippen molar-refractivity contribution in [2.24, 2.45) is 5.92 Å². The van der Waals surface area contributed by atoms with Crippen LogP contribution >= 0.6 is 23.1 Å². The van der Waals surface area contributed by atoms with E-state index in [1.807, 2.05) is 27.7 Å². The molecule has 1 unspecified atom stereocenters. The van der Waals surface area contributed by atoms with Crippen molar-refractivity contribution in [2.45, 2.75) is 18.9 Å². The number of aliphatic hydroxyl groups excluding tert-OH is 1. The van der Waals surface area contributed by atoms with Crippen molar-refractivity contribution in [3.05, 3.63) is 23.5 Å². The molecule has 2 aromatic heterocycles.